The lowest BCUT2D eigenvalue weighted by molar-refractivity contribution is 1.20. The average Bonchev–Trinajstić information content (AvgIpc) is 3.65. The normalized spacial score (nSPS) is 11.7. The van der Waals surface area contributed by atoms with Crippen LogP contribution in [0.25, 0.3) is 93.2 Å². The maximum Gasteiger partial charge on any atom is 0.0979 e. The van der Waals surface area contributed by atoms with E-state index in [1.54, 1.807) is 0 Å². The first-order valence-electron chi connectivity index (χ1n) is 20.4. The zero-order valence-corrected chi connectivity index (χ0v) is 32.6. The molecule has 0 amide bonds. The van der Waals surface area contributed by atoms with Crippen molar-refractivity contribution in [3.05, 3.63) is 219 Å². The molecule has 0 aliphatic carbocycles. The van der Waals surface area contributed by atoms with E-state index in [9.17, 15) is 0 Å². The van der Waals surface area contributed by atoms with E-state index in [2.05, 4.69) is 222 Å². The maximum atomic E-state index is 5.24. The van der Waals surface area contributed by atoms with Gasteiger partial charge >= 0.3 is 0 Å². The summed E-state index contributed by atoms with van der Waals surface area (Å²) in [6, 6.07) is 76.0. The number of para-hydroxylation sites is 2. The van der Waals surface area contributed by atoms with E-state index in [-0.39, 0.29) is 0 Å². The third-order valence-electron chi connectivity index (χ3n) is 12.0. The molecule has 0 bridgehead atoms. The van der Waals surface area contributed by atoms with Crippen LogP contribution in [0.4, 0.5) is 17.1 Å². The van der Waals surface area contributed by atoms with Crippen LogP contribution in [0.2, 0.25) is 0 Å². The van der Waals surface area contributed by atoms with Crippen LogP contribution in [0, 0.1) is 0 Å². The van der Waals surface area contributed by atoms with Crippen molar-refractivity contribution < 1.29 is 0 Å². The number of fused-ring (bicyclic) bond motifs is 10. The third-order valence-corrected chi connectivity index (χ3v) is 12.0. The highest BCUT2D eigenvalue weighted by atomic mass is 15.1. The second-order valence-corrected chi connectivity index (χ2v) is 15.4. The molecule has 12 aromatic rings. The molecule has 0 aliphatic rings. The van der Waals surface area contributed by atoms with Crippen LogP contribution < -0.4 is 4.90 Å². The molecule has 0 atom stereocenters. The van der Waals surface area contributed by atoms with Crippen LogP contribution in [0.5, 0.6) is 0 Å². The lowest BCUT2D eigenvalue weighted by Crippen LogP contribution is -2.09. The van der Waals surface area contributed by atoms with Crippen molar-refractivity contribution in [2.75, 3.05) is 4.90 Å². The zero-order chi connectivity index (χ0) is 39.6. The molecule has 0 aliphatic heterocycles. The van der Waals surface area contributed by atoms with Crippen LogP contribution >= 0.6 is 0 Å². The van der Waals surface area contributed by atoms with Crippen molar-refractivity contribution in [1.82, 2.24) is 14.5 Å². The standard InChI is InChI=1S/C56H36N4/c1-2-15-41(16-3-1)59(43-32-27-39(28-33-43)51-36-57-55-48-21-8-6-18-45(48)46-19-7-9-22-49(46)56(55)58-51)42-30-25-37(26-31-42)40-29-34-54-50(35-40)47-20-10-11-23-53(47)60(54)52-24-12-14-38-13-4-5-17-44(38)52/h1-36H. The van der Waals surface area contributed by atoms with Crippen molar-refractivity contribution in [2.24, 2.45) is 0 Å². The van der Waals surface area contributed by atoms with Gasteiger partial charge in [0.15, 0.2) is 0 Å². The Kier molecular flexibility index (Phi) is 7.82. The third kappa shape index (κ3) is 5.46. The average molecular weight is 765 g/mol. The number of hydrogen-bond acceptors (Lipinski definition) is 3. The van der Waals surface area contributed by atoms with Gasteiger partial charge in [0, 0.05) is 49.6 Å². The Morgan fingerprint density at radius 1 is 0.350 bits per heavy atom. The molecule has 0 spiro atoms. The summed E-state index contributed by atoms with van der Waals surface area (Å²) < 4.78 is 2.42. The van der Waals surface area contributed by atoms with Gasteiger partial charge in [-0.3, -0.25) is 4.98 Å². The predicted octanol–water partition coefficient (Wildman–Crippen LogP) is 15.0. The van der Waals surface area contributed by atoms with Gasteiger partial charge in [-0.05, 0) is 87.9 Å². The number of aromatic nitrogens is 3. The molecule has 12 rings (SSSR count). The van der Waals surface area contributed by atoms with Gasteiger partial charge in [0.05, 0.1) is 39.6 Å². The Labute approximate surface area is 346 Å². The summed E-state index contributed by atoms with van der Waals surface area (Å²) >= 11 is 0. The smallest absolute Gasteiger partial charge is 0.0979 e. The van der Waals surface area contributed by atoms with E-state index in [0.717, 1.165) is 50.1 Å². The monoisotopic (exact) mass is 764 g/mol. The van der Waals surface area contributed by atoms with Crippen LogP contribution in [0.3, 0.4) is 0 Å². The minimum absolute atomic E-state index is 0.849. The lowest BCUT2D eigenvalue weighted by atomic mass is 9.99. The summed E-state index contributed by atoms with van der Waals surface area (Å²) in [5.74, 6) is 0. The summed E-state index contributed by atoms with van der Waals surface area (Å²) in [4.78, 5) is 12.6. The molecule has 280 valence electrons. The fraction of sp³-hybridized carbons (Fsp3) is 0. The molecular formula is C56H36N4. The highest BCUT2D eigenvalue weighted by Gasteiger charge is 2.17. The summed E-state index contributed by atoms with van der Waals surface area (Å²) in [6.45, 7) is 0. The van der Waals surface area contributed by atoms with Gasteiger partial charge in [-0.1, -0.05) is 152 Å². The number of nitrogens with zero attached hydrogens (tertiary/aromatic N) is 4. The summed E-state index contributed by atoms with van der Waals surface area (Å²) in [5.41, 5.74) is 12.9. The fourth-order valence-corrected chi connectivity index (χ4v) is 9.19. The molecule has 0 unspecified atom stereocenters. The van der Waals surface area contributed by atoms with Gasteiger partial charge in [0.2, 0.25) is 0 Å². The van der Waals surface area contributed by atoms with E-state index in [1.165, 1.54) is 60.2 Å². The first-order chi connectivity index (χ1) is 29.8. The van der Waals surface area contributed by atoms with E-state index >= 15 is 0 Å². The number of rotatable bonds is 6. The molecule has 0 saturated carbocycles. The Morgan fingerprint density at radius 3 is 1.62 bits per heavy atom. The van der Waals surface area contributed by atoms with E-state index in [1.807, 2.05) is 6.20 Å². The summed E-state index contributed by atoms with van der Waals surface area (Å²) in [5, 5.41) is 9.58. The predicted molar refractivity (Wildman–Crippen MR) is 252 cm³/mol. The molecule has 4 nitrogen and oxygen atoms in total. The van der Waals surface area contributed by atoms with Crippen LogP contribution in [0.1, 0.15) is 0 Å². The van der Waals surface area contributed by atoms with Gasteiger partial charge in [-0.2, -0.15) is 0 Å². The van der Waals surface area contributed by atoms with Gasteiger partial charge in [-0.25, -0.2) is 4.98 Å². The quantitative estimate of drug-likeness (QED) is 0.158. The van der Waals surface area contributed by atoms with E-state index in [4.69, 9.17) is 9.97 Å². The minimum Gasteiger partial charge on any atom is -0.311 e. The number of hydrogen-bond donors (Lipinski definition) is 0. The number of anilines is 3. The van der Waals surface area contributed by atoms with Crippen LogP contribution in [-0.4, -0.2) is 14.5 Å². The molecule has 2 heterocycles. The SMILES string of the molecule is c1ccc(N(c2ccc(-c3ccc4c(c3)c3ccccc3n4-c3cccc4ccccc34)cc2)c2ccc(-c3cnc4c5ccccc5c5ccccc5c4n3)cc2)cc1. The van der Waals surface area contributed by atoms with Gasteiger partial charge in [-0.15, -0.1) is 0 Å². The molecule has 0 radical (unpaired) electrons. The van der Waals surface area contributed by atoms with E-state index < -0.39 is 0 Å². The second kappa shape index (κ2) is 13.8. The van der Waals surface area contributed by atoms with Crippen LogP contribution in [-0.2, 0) is 0 Å². The van der Waals surface area contributed by atoms with Gasteiger partial charge < -0.3 is 9.47 Å². The topological polar surface area (TPSA) is 34.0 Å². The highest BCUT2D eigenvalue weighted by Crippen LogP contribution is 2.40. The minimum atomic E-state index is 0.849. The van der Waals surface area contributed by atoms with Crippen LogP contribution in [0.15, 0.2) is 219 Å². The molecule has 0 N–H and O–H groups in total. The van der Waals surface area contributed by atoms with Crippen molar-refractivity contribution >= 4 is 82.2 Å². The highest BCUT2D eigenvalue weighted by molar-refractivity contribution is 6.23. The zero-order valence-electron chi connectivity index (χ0n) is 32.6. The Morgan fingerprint density at radius 2 is 0.883 bits per heavy atom. The maximum absolute atomic E-state index is 5.24. The van der Waals surface area contributed by atoms with Crippen molar-refractivity contribution in [2.45, 2.75) is 0 Å². The first kappa shape index (κ1) is 34.0. The Hall–Kier alpha value is -8.08. The largest absolute Gasteiger partial charge is 0.311 e. The first-order valence-corrected chi connectivity index (χ1v) is 20.4. The molecule has 0 fully saturated rings. The van der Waals surface area contributed by atoms with Gasteiger partial charge in [0.25, 0.3) is 0 Å². The fourth-order valence-electron chi connectivity index (χ4n) is 9.19. The molecule has 0 saturated heterocycles. The molecule has 10 aromatic carbocycles. The summed E-state index contributed by atoms with van der Waals surface area (Å²) in [7, 11) is 0. The summed E-state index contributed by atoms with van der Waals surface area (Å²) in [6.07, 6.45) is 1.91. The van der Waals surface area contributed by atoms with Crippen molar-refractivity contribution in [3.63, 3.8) is 0 Å². The molecule has 60 heavy (non-hydrogen) atoms. The molecule has 4 heteroatoms. The Balaban J connectivity index is 0.909. The van der Waals surface area contributed by atoms with Crippen molar-refractivity contribution in [3.8, 4) is 28.1 Å². The van der Waals surface area contributed by atoms with E-state index in [0.29, 0.717) is 0 Å². The second-order valence-electron chi connectivity index (χ2n) is 15.4. The van der Waals surface area contributed by atoms with Gasteiger partial charge in [0.1, 0.15) is 0 Å². The molecule has 2 aromatic heterocycles. The molecular weight excluding hydrogens is 729 g/mol. The van der Waals surface area contributed by atoms with Crippen molar-refractivity contribution in [1.29, 1.82) is 0 Å². The number of benzene rings is 10. The Bertz CT molecular complexity index is 3550. The lowest BCUT2D eigenvalue weighted by Gasteiger charge is -2.26.